The number of hydrogen-bond acceptors (Lipinski definition) is 19. The number of aliphatic hydroxyl groups is 8. The van der Waals surface area contributed by atoms with Crippen LogP contribution in [-0.2, 0) is 23.7 Å². The van der Waals surface area contributed by atoms with Crippen molar-refractivity contribution in [2.24, 2.45) is 0 Å². The van der Waals surface area contributed by atoms with E-state index in [-0.39, 0.29) is 22.7 Å². The maximum atomic E-state index is 14.0. The van der Waals surface area contributed by atoms with Gasteiger partial charge in [-0.25, -0.2) is 0 Å². The summed E-state index contributed by atoms with van der Waals surface area (Å²) in [5.41, 5.74) is -1.15. The molecule has 0 unspecified atom stereocenters. The molecule has 0 saturated carbocycles. The summed E-state index contributed by atoms with van der Waals surface area (Å²) in [4.78, 5) is 14.0. The fourth-order valence-corrected chi connectivity index (χ4v) is 5.97. The van der Waals surface area contributed by atoms with Crippen LogP contribution in [0.2, 0.25) is 0 Å². The van der Waals surface area contributed by atoms with E-state index < -0.39 is 127 Å². The number of rotatable bonds is 8. The van der Waals surface area contributed by atoms with Gasteiger partial charge in [0.1, 0.15) is 83.2 Å². The van der Waals surface area contributed by atoms with Crippen molar-refractivity contribution in [3.63, 3.8) is 0 Å². The van der Waals surface area contributed by atoms with E-state index in [9.17, 15) is 61.0 Å². The lowest BCUT2D eigenvalue weighted by molar-refractivity contribution is -0.352. The largest absolute Gasteiger partial charge is 0.508 e. The van der Waals surface area contributed by atoms with Gasteiger partial charge in [-0.15, -0.1) is 0 Å². The second-order valence-corrected chi connectivity index (χ2v) is 12.5. The number of aliphatic hydroxyl groups excluding tert-OH is 8. The highest BCUT2D eigenvalue weighted by atomic mass is 16.8. The average molecular weight is 727 g/mol. The van der Waals surface area contributed by atoms with Crippen LogP contribution in [0.4, 0.5) is 0 Å². The summed E-state index contributed by atoms with van der Waals surface area (Å²) in [5, 5.41) is 114. The minimum Gasteiger partial charge on any atom is -0.508 e. The highest BCUT2D eigenvalue weighted by molar-refractivity contribution is 5.88. The quantitative estimate of drug-likeness (QED) is 0.111. The maximum absolute atomic E-state index is 14.0. The van der Waals surface area contributed by atoms with E-state index in [4.69, 9.17) is 32.8 Å². The fraction of sp³-hybridized carbons (Fsp3) is 0.531. The second kappa shape index (κ2) is 14.8. The van der Waals surface area contributed by atoms with Gasteiger partial charge in [0, 0.05) is 17.7 Å². The first-order chi connectivity index (χ1) is 24.2. The van der Waals surface area contributed by atoms with Crippen molar-refractivity contribution in [1.29, 1.82) is 0 Å². The van der Waals surface area contributed by atoms with E-state index in [1.54, 1.807) is 0 Å². The van der Waals surface area contributed by atoms with Crippen LogP contribution < -0.4 is 10.2 Å². The SMILES string of the molecule is C[C@H]1O[C@@H](OC[C@@H]2O[C@H](Oc3c(-c4ccc(O)cc4)oc4cc(O)cc(O)c4c3=O)[C@@H](O[C@@H]3OC[C@@H](O)[C@H](O)[C@@H]3O)[C@H](O)[C@H]2O)[C@H](O)[C@@H](O)[C@@H]1O. The van der Waals surface area contributed by atoms with Crippen molar-refractivity contribution < 1.29 is 89.0 Å². The summed E-state index contributed by atoms with van der Waals surface area (Å²) < 4.78 is 39.9. The van der Waals surface area contributed by atoms with E-state index >= 15 is 0 Å². The molecule has 0 aliphatic carbocycles. The highest BCUT2D eigenvalue weighted by Crippen LogP contribution is 2.38. The van der Waals surface area contributed by atoms with Crippen molar-refractivity contribution in [3.8, 4) is 34.3 Å². The number of phenols is 3. The lowest BCUT2D eigenvalue weighted by atomic mass is 9.98. The zero-order chi connectivity index (χ0) is 36.9. The molecule has 51 heavy (non-hydrogen) atoms. The molecule has 0 bridgehead atoms. The van der Waals surface area contributed by atoms with Crippen LogP contribution in [0.25, 0.3) is 22.3 Å². The van der Waals surface area contributed by atoms with Gasteiger partial charge in [0.2, 0.25) is 17.5 Å². The summed E-state index contributed by atoms with van der Waals surface area (Å²) in [7, 11) is 0. The zero-order valence-corrected chi connectivity index (χ0v) is 26.6. The average Bonchev–Trinajstić information content (AvgIpc) is 3.09. The molecule has 6 rings (SSSR count). The first-order valence-corrected chi connectivity index (χ1v) is 15.8. The lowest BCUT2D eigenvalue weighted by Gasteiger charge is -2.45. The molecule has 3 fully saturated rings. The molecule has 1 aromatic heterocycles. The topological polar surface area (TPSA) is 308 Å². The first-order valence-electron chi connectivity index (χ1n) is 15.8. The predicted octanol–water partition coefficient (Wildman–Crippen LogP) is -2.93. The normalized spacial score (nSPS) is 37.4. The smallest absolute Gasteiger partial charge is 0.239 e. The van der Waals surface area contributed by atoms with Gasteiger partial charge in [-0.2, -0.15) is 0 Å². The molecule has 2 aromatic carbocycles. The molecule has 280 valence electrons. The molecule has 3 saturated heterocycles. The Morgan fingerprint density at radius 1 is 0.745 bits per heavy atom. The third-order valence-electron chi connectivity index (χ3n) is 8.90. The van der Waals surface area contributed by atoms with Crippen molar-refractivity contribution >= 4 is 11.0 Å². The van der Waals surface area contributed by atoms with Crippen LogP contribution in [0.3, 0.4) is 0 Å². The molecule has 0 radical (unpaired) electrons. The Morgan fingerprint density at radius 2 is 1.43 bits per heavy atom. The van der Waals surface area contributed by atoms with Crippen LogP contribution in [0, 0.1) is 0 Å². The van der Waals surface area contributed by atoms with Gasteiger partial charge >= 0.3 is 0 Å². The van der Waals surface area contributed by atoms with Gasteiger partial charge in [-0.3, -0.25) is 4.79 Å². The van der Waals surface area contributed by atoms with Crippen molar-refractivity contribution in [3.05, 3.63) is 46.6 Å². The maximum Gasteiger partial charge on any atom is 0.239 e. The lowest BCUT2D eigenvalue weighted by Crippen LogP contribution is -2.64. The molecule has 0 spiro atoms. The minimum absolute atomic E-state index is 0.139. The molecule has 0 amide bonds. The third kappa shape index (κ3) is 7.22. The zero-order valence-electron chi connectivity index (χ0n) is 26.6. The Kier molecular flexibility index (Phi) is 10.7. The summed E-state index contributed by atoms with van der Waals surface area (Å²) >= 11 is 0. The first kappa shape index (κ1) is 37.1. The Morgan fingerprint density at radius 3 is 2.14 bits per heavy atom. The van der Waals surface area contributed by atoms with Crippen LogP contribution in [0.15, 0.2) is 45.6 Å². The molecule has 11 N–H and O–H groups in total. The Hall–Kier alpha value is -3.67. The molecule has 3 aliphatic rings. The Bertz CT molecular complexity index is 1730. The van der Waals surface area contributed by atoms with E-state index in [2.05, 4.69) is 0 Å². The highest BCUT2D eigenvalue weighted by Gasteiger charge is 2.51. The van der Waals surface area contributed by atoms with Gasteiger partial charge in [-0.05, 0) is 31.2 Å². The Labute approximate surface area is 287 Å². The van der Waals surface area contributed by atoms with Gasteiger partial charge in [-0.1, -0.05) is 0 Å². The van der Waals surface area contributed by atoms with E-state index in [0.29, 0.717) is 0 Å². The monoisotopic (exact) mass is 726 g/mol. The summed E-state index contributed by atoms with van der Waals surface area (Å²) in [6, 6.07) is 7.15. The number of benzene rings is 2. The summed E-state index contributed by atoms with van der Waals surface area (Å²) in [6.07, 6.45) is -23.4. The minimum atomic E-state index is -1.99. The van der Waals surface area contributed by atoms with Gasteiger partial charge < -0.3 is 89.0 Å². The second-order valence-electron chi connectivity index (χ2n) is 12.5. The van der Waals surface area contributed by atoms with Crippen LogP contribution in [-0.4, -0.2) is 155 Å². The molecule has 4 heterocycles. The summed E-state index contributed by atoms with van der Waals surface area (Å²) in [6.45, 7) is 0.243. The van der Waals surface area contributed by atoms with E-state index in [1.165, 1.54) is 31.2 Å². The molecule has 19 heteroatoms. The molecule has 3 aliphatic heterocycles. The fourth-order valence-electron chi connectivity index (χ4n) is 5.97. The number of fused-ring (bicyclic) bond motifs is 1. The third-order valence-corrected chi connectivity index (χ3v) is 8.90. The van der Waals surface area contributed by atoms with Crippen LogP contribution in [0.5, 0.6) is 23.0 Å². The standard InChI is InChI=1S/C32H38O19/c1-10-19(37)23(41)26(44)30(47-10)46-9-17-21(39)24(42)29(51-31-25(43)20(38)15(36)8-45-31)32(49-17)50-28-22(40)18-14(35)6-13(34)7-16(18)48-27(28)11-2-4-12(33)5-3-11/h2-7,10,15,17,19-21,23-26,29-39,41-44H,8-9H2,1H3/t10-,15-,17+,19-,20+,21+,23+,24-,25+,26-,29+,30-,31+,32-/m1/s1. The number of aromatic hydroxyl groups is 3. The molecule has 19 nitrogen and oxygen atoms in total. The van der Waals surface area contributed by atoms with E-state index in [0.717, 1.165) is 12.1 Å². The molecule has 14 atom stereocenters. The number of ether oxygens (including phenoxy) is 6. The van der Waals surface area contributed by atoms with Gasteiger partial charge in [0.15, 0.2) is 24.4 Å². The molecular formula is C32H38O19. The van der Waals surface area contributed by atoms with Gasteiger partial charge in [0.25, 0.3) is 0 Å². The van der Waals surface area contributed by atoms with Crippen molar-refractivity contribution in [2.75, 3.05) is 13.2 Å². The summed E-state index contributed by atoms with van der Waals surface area (Å²) in [5.74, 6) is -2.27. The molecule has 3 aromatic rings. The van der Waals surface area contributed by atoms with Crippen molar-refractivity contribution in [1.82, 2.24) is 0 Å². The number of phenolic OH excluding ortho intramolecular Hbond substituents is 3. The van der Waals surface area contributed by atoms with Gasteiger partial charge in [0.05, 0.1) is 19.3 Å². The molecular weight excluding hydrogens is 688 g/mol. The van der Waals surface area contributed by atoms with E-state index in [1.807, 2.05) is 0 Å². The van der Waals surface area contributed by atoms with Crippen molar-refractivity contribution in [2.45, 2.75) is 92.9 Å². The van der Waals surface area contributed by atoms with Crippen LogP contribution in [0.1, 0.15) is 6.92 Å². The predicted molar refractivity (Wildman–Crippen MR) is 165 cm³/mol. The number of hydrogen-bond donors (Lipinski definition) is 11. The Balaban J connectivity index is 1.38. The van der Waals surface area contributed by atoms with Crippen LogP contribution >= 0.6 is 0 Å².